The quantitative estimate of drug-likeness (QED) is 0.190. The van der Waals surface area contributed by atoms with Crippen LogP contribution in [0.5, 0.6) is 11.1 Å². The largest absolute Gasteiger partial charge is 0.478 e. The fourth-order valence-corrected chi connectivity index (χ4v) is 5.96. The van der Waals surface area contributed by atoms with Gasteiger partial charge in [-0.2, -0.15) is 0 Å². The van der Waals surface area contributed by atoms with Crippen molar-refractivity contribution in [1.29, 1.82) is 0 Å². The predicted molar refractivity (Wildman–Crippen MR) is 158 cm³/mol. The molecule has 1 unspecified atom stereocenters. The van der Waals surface area contributed by atoms with Gasteiger partial charge >= 0.3 is 5.97 Å². The predicted octanol–water partition coefficient (Wildman–Crippen LogP) is 6.23. The molecule has 5 aromatic rings. The average Bonchev–Trinajstić information content (AvgIpc) is 3.70. The summed E-state index contributed by atoms with van der Waals surface area (Å²) in [5.74, 6) is -3.33. The Kier molecular flexibility index (Phi) is 8.18. The molecule has 0 radical (unpaired) electrons. The van der Waals surface area contributed by atoms with Crippen molar-refractivity contribution in [3.63, 3.8) is 0 Å². The average molecular weight is 640 g/mol. The number of rotatable bonds is 10. The number of aromatic nitrogens is 5. The van der Waals surface area contributed by atoms with Gasteiger partial charge in [0.25, 0.3) is 11.1 Å². The van der Waals surface area contributed by atoms with Crippen LogP contribution in [0.25, 0.3) is 22.3 Å². The van der Waals surface area contributed by atoms with Crippen LogP contribution >= 0.6 is 11.3 Å². The van der Waals surface area contributed by atoms with Crippen molar-refractivity contribution in [2.45, 2.75) is 39.8 Å². The minimum Gasteiger partial charge on any atom is -0.478 e. The third-order valence-electron chi connectivity index (χ3n) is 7.60. The molecule has 6 rings (SSSR count). The van der Waals surface area contributed by atoms with Gasteiger partial charge in [0, 0.05) is 17.4 Å². The Hall–Kier alpha value is -4.56. The van der Waals surface area contributed by atoms with E-state index in [-0.39, 0.29) is 46.9 Å². The minimum absolute atomic E-state index is 0.0279. The lowest BCUT2D eigenvalue weighted by molar-refractivity contribution is 0.0697. The molecule has 14 heteroatoms. The third-order valence-corrected chi connectivity index (χ3v) is 8.41. The highest BCUT2D eigenvalue weighted by molar-refractivity contribution is 7.13. The van der Waals surface area contributed by atoms with Gasteiger partial charge in [-0.05, 0) is 55.0 Å². The Bertz CT molecular complexity index is 1910. The molecule has 0 spiro atoms. The number of halogens is 3. The van der Waals surface area contributed by atoms with E-state index in [1.54, 1.807) is 13.0 Å². The van der Waals surface area contributed by atoms with Gasteiger partial charge in [-0.1, -0.05) is 30.3 Å². The summed E-state index contributed by atoms with van der Waals surface area (Å²) in [5.41, 5.74) is 0.675. The molecule has 0 aliphatic carbocycles. The first-order valence-electron chi connectivity index (χ1n) is 14.1. The maximum atomic E-state index is 15.6. The van der Waals surface area contributed by atoms with E-state index in [4.69, 9.17) is 14.2 Å². The summed E-state index contributed by atoms with van der Waals surface area (Å²) in [6.45, 7) is 6.94. The van der Waals surface area contributed by atoms with E-state index in [0.29, 0.717) is 46.9 Å². The monoisotopic (exact) mass is 639 g/mol. The Labute approximate surface area is 259 Å². The van der Waals surface area contributed by atoms with Gasteiger partial charge in [-0.3, -0.25) is 0 Å². The highest BCUT2D eigenvalue weighted by atomic mass is 32.1. The number of imidazole rings is 1. The molecule has 4 heterocycles. The van der Waals surface area contributed by atoms with Crippen LogP contribution < -0.4 is 9.47 Å². The highest BCUT2D eigenvalue weighted by Gasteiger charge is 2.39. The summed E-state index contributed by atoms with van der Waals surface area (Å²) in [6.07, 6.45) is -0.0799. The first-order chi connectivity index (χ1) is 21.5. The van der Waals surface area contributed by atoms with Gasteiger partial charge in [-0.15, -0.1) is 5.10 Å². The molecular formula is C31H28F3N5O5S. The number of carboxylic acid groups (broad SMARTS) is 1. The minimum atomic E-state index is -1.09. The number of nitrogens with zero attached hydrogens (tertiary/aromatic N) is 5. The summed E-state index contributed by atoms with van der Waals surface area (Å²) in [4.78, 5) is 20.5. The van der Waals surface area contributed by atoms with Crippen molar-refractivity contribution < 1.29 is 37.3 Å². The van der Waals surface area contributed by atoms with Gasteiger partial charge in [0.05, 0.1) is 48.2 Å². The second-order valence-electron chi connectivity index (χ2n) is 11.2. The Morgan fingerprint density at radius 1 is 1.07 bits per heavy atom. The Morgan fingerprint density at radius 2 is 1.89 bits per heavy atom. The van der Waals surface area contributed by atoms with E-state index in [2.05, 4.69) is 20.2 Å². The van der Waals surface area contributed by atoms with Gasteiger partial charge < -0.3 is 23.9 Å². The zero-order valence-electron chi connectivity index (χ0n) is 24.5. The zero-order chi connectivity index (χ0) is 31.9. The van der Waals surface area contributed by atoms with Crippen LogP contribution in [0.3, 0.4) is 0 Å². The van der Waals surface area contributed by atoms with Crippen molar-refractivity contribution in [2.24, 2.45) is 5.41 Å². The van der Waals surface area contributed by atoms with E-state index in [1.165, 1.54) is 18.2 Å². The number of aromatic carboxylic acids is 1. The number of carboxylic acids is 1. The molecular weight excluding hydrogens is 611 g/mol. The van der Waals surface area contributed by atoms with Crippen molar-refractivity contribution in [1.82, 2.24) is 24.7 Å². The van der Waals surface area contributed by atoms with Crippen LogP contribution in [0.4, 0.5) is 13.2 Å². The zero-order valence-corrected chi connectivity index (χ0v) is 25.3. The first kappa shape index (κ1) is 30.5. The maximum absolute atomic E-state index is 15.6. The summed E-state index contributed by atoms with van der Waals surface area (Å²) >= 11 is 1.13. The van der Waals surface area contributed by atoms with Crippen LogP contribution in [-0.4, -0.2) is 55.6 Å². The molecule has 3 aromatic heterocycles. The van der Waals surface area contributed by atoms with E-state index >= 15 is 8.78 Å². The summed E-state index contributed by atoms with van der Waals surface area (Å²) < 4.78 is 64.1. The van der Waals surface area contributed by atoms with Crippen LogP contribution in [0.1, 0.15) is 53.6 Å². The fourth-order valence-electron chi connectivity index (χ4n) is 5.30. The van der Waals surface area contributed by atoms with Crippen LogP contribution in [-0.2, 0) is 17.8 Å². The number of benzene rings is 2. The van der Waals surface area contributed by atoms with Crippen LogP contribution in [0.15, 0.2) is 42.5 Å². The lowest BCUT2D eigenvalue weighted by Gasteiger charge is -2.28. The number of ether oxygens (including phenoxy) is 3. The molecule has 0 saturated carbocycles. The maximum Gasteiger partial charge on any atom is 0.335 e. The second kappa shape index (κ2) is 12.1. The summed E-state index contributed by atoms with van der Waals surface area (Å²) in [6, 6.07) is 8.74. The highest BCUT2D eigenvalue weighted by Crippen LogP contribution is 2.40. The number of fused-ring (bicyclic) bond motifs is 1. The molecule has 10 nitrogen and oxygen atoms in total. The van der Waals surface area contributed by atoms with Crippen LogP contribution in [0, 0.1) is 22.9 Å². The number of carbonyl (C=O) groups is 1. The molecule has 1 N–H and O–H groups in total. The lowest BCUT2D eigenvalue weighted by Crippen LogP contribution is -2.27. The van der Waals surface area contributed by atoms with Gasteiger partial charge in [-0.25, -0.2) is 27.9 Å². The SMILES string of the molecule is CCOc1nnc(COc2nc(-c3cc(F)c(Cc4nc5ccc(C(=O)O)cc5n4C4COCC4(C)C)cc3F)ccc2F)s1. The van der Waals surface area contributed by atoms with E-state index < -0.39 is 29.3 Å². The topological polar surface area (TPSA) is 121 Å². The van der Waals surface area contributed by atoms with Gasteiger partial charge in [0.15, 0.2) is 10.8 Å². The number of pyridine rings is 1. The van der Waals surface area contributed by atoms with Crippen molar-refractivity contribution >= 4 is 28.3 Å². The molecule has 0 bridgehead atoms. The van der Waals surface area contributed by atoms with Crippen molar-refractivity contribution in [3.8, 4) is 22.3 Å². The lowest BCUT2D eigenvalue weighted by atomic mass is 9.87. The standard InChI is InChI=1S/C31H28F3N5O5S/c1-4-43-30-38-37-27(45-30)14-44-28-19(32)6-8-22(36-28)18-12-20(33)17(9-21(18)34)11-26-35-23-7-5-16(29(40)41)10-24(23)39(26)25-13-42-15-31(25,2)3/h5-10,12,25H,4,11,13-15H2,1-3H3,(H,40,41). The summed E-state index contributed by atoms with van der Waals surface area (Å²) in [5, 5.41) is 18.1. The Balaban J connectivity index is 1.31. The first-order valence-corrected chi connectivity index (χ1v) is 14.9. The molecule has 1 atom stereocenters. The molecule has 1 fully saturated rings. The van der Waals surface area contributed by atoms with Crippen molar-refractivity contribution in [3.05, 3.63) is 81.9 Å². The molecule has 2 aromatic carbocycles. The molecule has 1 aliphatic rings. The van der Waals surface area contributed by atoms with E-state index in [0.717, 1.165) is 29.5 Å². The summed E-state index contributed by atoms with van der Waals surface area (Å²) in [7, 11) is 0. The number of hydrogen-bond donors (Lipinski definition) is 1. The molecule has 45 heavy (non-hydrogen) atoms. The van der Waals surface area contributed by atoms with Crippen LogP contribution in [0.2, 0.25) is 0 Å². The molecule has 234 valence electrons. The molecule has 0 amide bonds. The van der Waals surface area contributed by atoms with Gasteiger partial charge in [0.2, 0.25) is 0 Å². The Morgan fingerprint density at radius 3 is 2.62 bits per heavy atom. The molecule has 1 saturated heterocycles. The van der Waals surface area contributed by atoms with E-state index in [9.17, 15) is 14.3 Å². The van der Waals surface area contributed by atoms with E-state index in [1.807, 2.05) is 18.4 Å². The number of hydrogen-bond acceptors (Lipinski definition) is 9. The fraction of sp³-hybridized carbons (Fsp3) is 0.323. The smallest absolute Gasteiger partial charge is 0.335 e. The normalized spacial score (nSPS) is 15.9. The second-order valence-corrected chi connectivity index (χ2v) is 12.2. The van der Waals surface area contributed by atoms with Crippen molar-refractivity contribution in [2.75, 3.05) is 19.8 Å². The molecule has 1 aliphatic heterocycles. The third kappa shape index (κ3) is 6.07. The van der Waals surface area contributed by atoms with Gasteiger partial charge in [0.1, 0.15) is 24.1 Å².